The highest BCUT2D eigenvalue weighted by atomic mass is 35.5. The molecule has 1 saturated heterocycles. The number of rotatable bonds is 2. The van der Waals surface area contributed by atoms with Crippen LogP contribution in [0.4, 0.5) is 17.1 Å². The van der Waals surface area contributed by atoms with Gasteiger partial charge in [-0.05, 0) is 30.3 Å². The lowest BCUT2D eigenvalue weighted by atomic mass is 10.2. The Morgan fingerprint density at radius 3 is 2.25 bits per heavy atom. The number of benzene rings is 2. The Hall–Kier alpha value is -1.87. The van der Waals surface area contributed by atoms with Gasteiger partial charge >= 0.3 is 0 Å². The van der Waals surface area contributed by atoms with E-state index in [1.807, 2.05) is 36.4 Å². The molecule has 0 aliphatic carbocycles. The van der Waals surface area contributed by atoms with Gasteiger partial charge in [-0.3, -0.25) is 0 Å². The number of nitrogens with two attached hydrogens (primary N) is 1. The molecule has 2 aromatic carbocycles. The largest absolute Gasteiger partial charge is 0.397 e. The van der Waals surface area contributed by atoms with E-state index in [-0.39, 0.29) is 0 Å². The topological polar surface area (TPSA) is 32.5 Å². The number of para-hydroxylation sites is 2. The van der Waals surface area contributed by atoms with Gasteiger partial charge in [0.25, 0.3) is 0 Å². The summed E-state index contributed by atoms with van der Waals surface area (Å²) in [6.45, 7) is 3.91. The minimum Gasteiger partial charge on any atom is -0.397 e. The molecular formula is C16H18ClN3. The van der Waals surface area contributed by atoms with Gasteiger partial charge in [0.05, 0.1) is 11.4 Å². The van der Waals surface area contributed by atoms with Gasteiger partial charge in [0.2, 0.25) is 0 Å². The average Bonchev–Trinajstić information content (AvgIpc) is 2.48. The molecule has 3 nitrogen and oxygen atoms in total. The van der Waals surface area contributed by atoms with E-state index in [4.69, 9.17) is 17.3 Å². The molecule has 0 amide bonds. The molecular weight excluding hydrogens is 270 g/mol. The number of hydrogen-bond donors (Lipinski definition) is 1. The molecule has 1 aliphatic rings. The van der Waals surface area contributed by atoms with E-state index < -0.39 is 0 Å². The third kappa shape index (κ3) is 2.68. The van der Waals surface area contributed by atoms with E-state index in [9.17, 15) is 0 Å². The minimum absolute atomic E-state index is 0.789. The fraction of sp³-hybridized carbons (Fsp3) is 0.250. The number of halogens is 1. The SMILES string of the molecule is Nc1ccccc1N1CCN(c2cccc(Cl)c2)CC1. The third-order valence-electron chi connectivity index (χ3n) is 3.73. The Morgan fingerprint density at radius 2 is 1.55 bits per heavy atom. The monoisotopic (exact) mass is 287 g/mol. The number of hydrogen-bond acceptors (Lipinski definition) is 3. The maximum absolute atomic E-state index is 6.06. The maximum Gasteiger partial charge on any atom is 0.0601 e. The number of nitrogen functional groups attached to an aromatic ring is 1. The van der Waals surface area contributed by atoms with Gasteiger partial charge in [0, 0.05) is 36.9 Å². The van der Waals surface area contributed by atoms with Crippen molar-refractivity contribution in [3.63, 3.8) is 0 Å². The van der Waals surface area contributed by atoms with Crippen LogP contribution >= 0.6 is 11.6 Å². The van der Waals surface area contributed by atoms with Crippen molar-refractivity contribution < 1.29 is 0 Å². The van der Waals surface area contributed by atoms with Crippen LogP contribution in [0.15, 0.2) is 48.5 Å². The van der Waals surface area contributed by atoms with Crippen molar-refractivity contribution in [1.82, 2.24) is 0 Å². The summed E-state index contributed by atoms with van der Waals surface area (Å²) >= 11 is 6.06. The van der Waals surface area contributed by atoms with E-state index in [0.29, 0.717) is 0 Å². The zero-order valence-electron chi connectivity index (χ0n) is 11.3. The Labute approximate surface area is 124 Å². The van der Waals surface area contributed by atoms with Crippen LogP contribution < -0.4 is 15.5 Å². The Bertz CT molecular complexity index is 592. The smallest absolute Gasteiger partial charge is 0.0601 e. The highest BCUT2D eigenvalue weighted by molar-refractivity contribution is 6.30. The summed E-state index contributed by atoms with van der Waals surface area (Å²) in [5.74, 6) is 0. The second kappa shape index (κ2) is 5.63. The zero-order chi connectivity index (χ0) is 13.9. The fourth-order valence-electron chi connectivity index (χ4n) is 2.65. The Morgan fingerprint density at radius 1 is 0.850 bits per heavy atom. The van der Waals surface area contributed by atoms with Crippen molar-refractivity contribution in [1.29, 1.82) is 0 Å². The summed E-state index contributed by atoms with van der Waals surface area (Å²) in [6.07, 6.45) is 0. The lowest BCUT2D eigenvalue weighted by Crippen LogP contribution is -2.46. The number of nitrogens with zero attached hydrogens (tertiary/aromatic N) is 2. The van der Waals surface area contributed by atoms with Crippen molar-refractivity contribution in [3.05, 3.63) is 53.6 Å². The zero-order valence-corrected chi connectivity index (χ0v) is 12.1. The molecule has 0 aromatic heterocycles. The Balaban J connectivity index is 1.70. The molecule has 0 spiro atoms. The second-order valence-electron chi connectivity index (χ2n) is 5.01. The highest BCUT2D eigenvalue weighted by Gasteiger charge is 2.18. The quantitative estimate of drug-likeness (QED) is 0.861. The molecule has 20 heavy (non-hydrogen) atoms. The standard InChI is InChI=1S/C16H18ClN3/c17-13-4-3-5-14(12-13)19-8-10-20(11-9-19)16-7-2-1-6-15(16)18/h1-7,12H,8-11,18H2. The summed E-state index contributed by atoms with van der Waals surface area (Å²) in [6, 6.07) is 16.1. The summed E-state index contributed by atoms with van der Waals surface area (Å²) in [5, 5.41) is 0.789. The van der Waals surface area contributed by atoms with Crippen LogP contribution in [0.25, 0.3) is 0 Å². The lowest BCUT2D eigenvalue weighted by molar-refractivity contribution is 0.654. The van der Waals surface area contributed by atoms with Gasteiger partial charge in [-0.15, -0.1) is 0 Å². The van der Waals surface area contributed by atoms with Crippen LogP contribution in [0.3, 0.4) is 0 Å². The van der Waals surface area contributed by atoms with Crippen molar-refractivity contribution in [2.45, 2.75) is 0 Å². The molecule has 3 rings (SSSR count). The van der Waals surface area contributed by atoms with Crippen molar-refractivity contribution in [3.8, 4) is 0 Å². The fourth-order valence-corrected chi connectivity index (χ4v) is 2.84. The number of piperazine rings is 1. The van der Waals surface area contributed by atoms with Crippen LogP contribution in [0.5, 0.6) is 0 Å². The first-order valence-electron chi connectivity index (χ1n) is 6.84. The van der Waals surface area contributed by atoms with E-state index in [2.05, 4.69) is 21.9 Å². The molecule has 0 bridgehead atoms. The molecule has 1 heterocycles. The van der Waals surface area contributed by atoms with Crippen molar-refractivity contribution in [2.75, 3.05) is 41.7 Å². The molecule has 1 aliphatic heterocycles. The first-order chi connectivity index (χ1) is 9.74. The number of anilines is 3. The molecule has 0 unspecified atom stereocenters. The Kier molecular flexibility index (Phi) is 3.70. The normalized spacial score (nSPS) is 15.4. The van der Waals surface area contributed by atoms with Crippen molar-refractivity contribution in [2.24, 2.45) is 0 Å². The van der Waals surface area contributed by atoms with E-state index in [0.717, 1.165) is 42.6 Å². The summed E-state index contributed by atoms with van der Waals surface area (Å²) < 4.78 is 0. The molecule has 0 saturated carbocycles. The van der Waals surface area contributed by atoms with Gasteiger partial charge in [-0.1, -0.05) is 29.8 Å². The van der Waals surface area contributed by atoms with Gasteiger partial charge in [-0.25, -0.2) is 0 Å². The minimum atomic E-state index is 0.789. The van der Waals surface area contributed by atoms with Crippen LogP contribution in [-0.2, 0) is 0 Å². The predicted octanol–water partition coefficient (Wildman–Crippen LogP) is 3.25. The molecule has 1 fully saturated rings. The highest BCUT2D eigenvalue weighted by Crippen LogP contribution is 2.26. The van der Waals surface area contributed by atoms with Crippen molar-refractivity contribution >= 4 is 28.7 Å². The molecule has 2 aromatic rings. The van der Waals surface area contributed by atoms with Gasteiger partial charge in [-0.2, -0.15) is 0 Å². The van der Waals surface area contributed by atoms with Gasteiger partial charge < -0.3 is 15.5 Å². The second-order valence-corrected chi connectivity index (χ2v) is 5.45. The van der Waals surface area contributed by atoms with Crippen LogP contribution in [-0.4, -0.2) is 26.2 Å². The first kappa shape index (κ1) is 13.1. The molecule has 2 N–H and O–H groups in total. The summed E-state index contributed by atoms with van der Waals surface area (Å²) in [7, 11) is 0. The van der Waals surface area contributed by atoms with Crippen LogP contribution in [0, 0.1) is 0 Å². The van der Waals surface area contributed by atoms with E-state index in [1.165, 1.54) is 5.69 Å². The first-order valence-corrected chi connectivity index (χ1v) is 7.22. The van der Waals surface area contributed by atoms with Crippen LogP contribution in [0.2, 0.25) is 5.02 Å². The molecule has 104 valence electrons. The molecule has 0 atom stereocenters. The maximum atomic E-state index is 6.06. The predicted molar refractivity (Wildman–Crippen MR) is 86.7 cm³/mol. The average molecular weight is 288 g/mol. The van der Waals surface area contributed by atoms with Gasteiger partial charge in [0.15, 0.2) is 0 Å². The molecule has 4 heteroatoms. The lowest BCUT2D eigenvalue weighted by Gasteiger charge is -2.37. The van der Waals surface area contributed by atoms with E-state index >= 15 is 0 Å². The van der Waals surface area contributed by atoms with Crippen LogP contribution in [0.1, 0.15) is 0 Å². The third-order valence-corrected chi connectivity index (χ3v) is 3.97. The summed E-state index contributed by atoms with van der Waals surface area (Å²) in [4.78, 5) is 4.71. The van der Waals surface area contributed by atoms with Gasteiger partial charge in [0.1, 0.15) is 0 Å². The summed E-state index contributed by atoms with van der Waals surface area (Å²) in [5.41, 5.74) is 9.22. The molecule has 0 radical (unpaired) electrons. The van der Waals surface area contributed by atoms with E-state index in [1.54, 1.807) is 0 Å².